The molecule has 0 aliphatic heterocycles. The highest BCUT2D eigenvalue weighted by atomic mass is 19.1. The molecular weight excluding hydrogens is 513 g/mol. The van der Waals surface area contributed by atoms with Crippen LogP contribution in [0.4, 0.5) is 9.18 Å². The summed E-state index contributed by atoms with van der Waals surface area (Å²) >= 11 is 0. The molecule has 0 unspecified atom stereocenters. The maximum atomic E-state index is 14.3. The lowest BCUT2D eigenvalue weighted by molar-refractivity contribution is 0.0528. The number of ether oxygens (including phenoxy) is 2. The summed E-state index contributed by atoms with van der Waals surface area (Å²) in [7, 11) is 1.84. The summed E-state index contributed by atoms with van der Waals surface area (Å²) in [5.41, 5.74) is 4.04. The molecule has 40 heavy (non-hydrogen) atoms. The Balaban J connectivity index is 1.52. The minimum atomic E-state index is -1.09. The molecule has 9 nitrogen and oxygen atoms in total. The molecule has 0 aliphatic carbocycles. The Labute approximate surface area is 233 Å². The van der Waals surface area contributed by atoms with Crippen LogP contribution >= 0.6 is 0 Å². The van der Waals surface area contributed by atoms with Crippen molar-refractivity contribution in [1.82, 2.24) is 24.5 Å². The van der Waals surface area contributed by atoms with Crippen LogP contribution < -0.4 is 10.1 Å². The van der Waals surface area contributed by atoms with E-state index in [4.69, 9.17) is 9.47 Å². The summed E-state index contributed by atoms with van der Waals surface area (Å²) < 4.78 is 29.4. The summed E-state index contributed by atoms with van der Waals surface area (Å²) in [5.74, 6) is 0.0186. The van der Waals surface area contributed by atoms with Crippen LogP contribution in [0.15, 0.2) is 42.7 Å². The van der Waals surface area contributed by atoms with Crippen LogP contribution in [0, 0.1) is 12.7 Å². The predicted molar refractivity (Wildman–Crippen MR) is 151 cm³/mol. The maximum Gasteiger partial charge on any atom is 0.407 e. The van der Waals surface area contributed by atoms with Crippen LogP contribution in [-0.2, 0) is 30.2 Å². The van der Waals surface area contributed by atoms with E-state index in [-0.39, 0.29) is 6.61 Å². The van der Waals surface area contributed by atoms with E-state index in [1.807, 2.05) is 57.5 Å². The molecule has 2 N–H and O–H groups in total. The first-order valence-corrected chi connectivity index (χ1v) is 13.3. The Bertz CT molecular complexity index is 1510. The Kier molecular flexibility index (Phi) is 8.20. The van der Waals surface area contributed by atoms with Gasteiger partial charge in [-0.15, -0.1) is 0 Å². The minimum Gasteiger partial charge on any atom is -0.492 e. The Hall–Kier alpha value is -3.92. The van der Waals surface area contributed by atoms with Crippen LogP contribution in [0.1, 0.15) is 57.3 Å². The summed E-state index contributed by atoms with van der Waals surface area (Å²) in [6.45, 7) is 11.5. The first kappa shape index (κ1) is 29.1. The second-order valence-electron chi connectivity index (χ2n) is 11.4. The van der Waals surface area contributed by atoms with Crippen molar-refractivity contribution in [3.05, 3.63) is 71.2 Å². The second kappa shape index (κ2) is 11.3. The Morgan fingerprint density at radius 2 is 1.88 bits per heavy atom. The molecule has 1 aromatic carbocycles. The Morgan fingerprint density at radius 1 is 1.12 bits per heavy atom. The van der Waals surface area contributed by atoms with Crippen molar-refractivity contribution in [2.45, 2.75) is 65.6 Å². The van der Waals surface area contributed by atoms with Crippen LogP contribution in [0.5, 0.6) is 5.75 Å². The molecule has 4 rings (SSSR count). The number of nitrogens with one attached hydrogen (secondary N) is 1. The van der Waals surface area contributed by atoms with E-state index in [0.29, 0.717) is 30.8 Å². The molecule has 0 spiro atoms. The summed E-state index contributed by atoms with van der Waals surface area (Å²) in [6.07, 6.45) is 4.29. The van der Waals surface area contributed by atoms with Crippen LogP contribution in [0.2, 0.25) is 0 Å². The van der Waals surface area contributed by atoms with E-state index >= 15 is 0 Å². The molecular formula is C30H38FN5O4. The predicted octanol–water partition coefficient (Wildman–Crippen LogP) is 5.10. The van der Waals surface area contributed by atoms with Gasteiger partial charge < -0.3 is 24.3 Å². The fourth-order valence-electron chi connectivity index (χ4n) is 4.54. The molecule has 0 atom stereocenters. The molecule has 3 heterocycles. The van der Waals surface area contributed by atoms with Gasteiger partial charge in [-0.05, 0) is 65.8 Å². The van der Waals surface area contributed by atoms with Crippen LogP contribution in [0.3, 0.4) is 0 Å². The number of nitrogens with zero attached hydrogens (tertiary/aromatic N) is 4. The average Bonchev–Trinajstić information content (AvgIpc) is 3.38. The van der Waals surface area contributed by atoms with E-state index in [0.717, 1.165) is 33.7 Å². The normalized spacial score (nSPS) is 12.1. The number of hydrogen-bond acceptors (Lipinski definition) is 6. The highest BCUT2D eigenvalue weighted by Crippen LogP contribution is 2.32. The number of fused-ring (bicyclic) bond motifs is 1. The molecule has 0 aliphatic rings. The molecule has 214 valence electrons. The van der Waals surface area contributed by atoms with Gasteiger partial charge in [-0.3, -0.25) is 4.68 Å². The van der Waals surface area contributed by atoms with Crippen LogP contribution in [-0.4, -0.2) is 49.1 Å². The number of hydrogen-bond donors (Lipinski definition) is 2. The first-order valence-electron chi connectivity index (χ1n) is 13.3. The number of aliphatic hydroxyl groups is 1. The molecule has 3 aromatic heterocycles. The molecule has 0 bridgehead atoms. The van der Waals surface area contributed by atoms with Gasteiger partial charge in [0.05, 0.1) is 12.3 Å². The number of halogens is 1. The van der Waals surface area contributed by atoms with Crippen molar-refractivity contribution in [3.63, 3.8) is 0 Å². The molecule has 0 fully saturated rings. The molecule has 0 saturated carbocycles. The number of imidazole rings is 1. The summed E-state index contributed by atoms with van der Waals surface area (Å²) in [6, 6.07) is 8.30. The smallest absolute Gasteiger partial charge is 0.407 e. The summed E-state index contributed by atoms with van der Waals surface area (Å²) in [4.78, 5) is 16.5. The number of alkyl carbamates (subject to hydrolysis) is 1. The Morgan fingerprint density at radius 3 is 2.58 bits per heavy atom. The van der Waals surface area contributed by atoms with Crippen molar-refractivity contribution >= 4 is 11.7 Å². The highest BCUT2D eigenvalue weighted by molar-refractivity contribution is 5.71. The fourth-order valence-corrected chi connectivity index (χ4v) is 4.54. The van der Waals surface area contributed by atoms with Crippen molar-refractivity contribution in [2.75, 3.05) is 13.2 Å². The minimum absolute atomic E-state index is 0.279. The van der Waals surface area contributed by atoms with Gasteiger partial charge in [0.25, 0.3) is 0 Å². The molecule has 1 amide bonds. The third-order valence-electron chi connectivity index (χ3n) is 6.53. The molecule has 0 radical (unpaired) electrons. The van der Waals surface area contributed by atoms with E-state index in [1.54, 1.807) is 30.8 Å². The van der Waals surface area contributed by atoms with Gasteiger partial charge in [0, 0.05) is 73.0 Å². The summed E-state index contributed by atoms with van der Waals surface area (Å²) in [5, 5.41) is 17.8. The van der Waals surface area contributed by atoms with Gasteiger partial charge in [0.2, 0.25) is 0 Å². The number of aryl methyl sites for hydroxylation is 1. The van der Waals surface area contributed by atoms with Gasteiger partial charge in [0.15, 0.2) is 0 Å². The number of carbonyl (C=O) groups excluding carboxylic acids is 1. The van der Waals surface area contributed by atoms with Gasteiger partial charge >= 0.3 is 6.09 Å². The second-order valence-corrected chi connectivity index (χ2v) is 11.4. The van der Waals surface area contributed by atoms with E-state index < -0.39 is 23.1 Å². The number of aromatic nitrogens is 4. The van der Waals surface area contributed by atoms with E-state index in [2.05, 4.69) is 15.4 Å². The van der Waals surface area contributed by atoms with E-state index in [1.165, 1.54) is 12.1 Å². The average molecular weight is 552 g/mol. The standard InChI is InChI=1S/C30H38FN5O4/c1-19-23(27(30(5,6)38)34-35(19)7)13-15-39-25-16-21(31)9-10-24(25)20-8-11-26-33-17-22(36(26)18-20)12-14-32-28(37)40-29(2,3)4/h8-11,16-18,38H,12-15H2,1-7H3,(H,32,37). The van der Waals surface area contributed by atoms with Crippen molar-refractivity contribution < 1.29 is 23.8 Å². The maximum absolute atomic E-state index is 14.3. The lowest BCUT2D eigenvalue weighted by atomic mass is 9.98. The molecule has 4 aromatic rings. The van der Waals surface area contributed by atoms with Gasteiger partial charge in [-0.1, -0.05) is 0 Å². The van der Waals surface area contributed by atoms with Crippen molar-refractivity contribution in [1.29, 1.82) is 0 Å². The highest BCUT2D eigenvalue weighted by Gasteiger charge is 2.26. The number of rotatable bonds is 9. The zero-order valence-corrected chi connectivity index (χ0v) is 24.2. The quantitative estimate of drug-likeness (QED) is 0.300. The number of pyridine rings is 1. The number of benzene rings is 1. The monoisotopic (exact) mass is 551 g/mol. The van der Waals surface area contributed by atoms with Crippen molar-refractivity contribution in [3.8, 4) is 16.9 Å². The van der Waals surface area contributed by atoms with Crippen LogP contribution in [0.25, 0.3) is 16.8 Å². The molecule has 10 heteroatoms. The topological polar surface area (TPSA) is 103 Å². The largest absolute Gasteiger partial charge is 0.492 e. The van der Waals surface area contributed by atoms with Gasteiger partial charge in [-0.25, -0.2) is 14.2 Å². The van der Waals surface area contributed by atoms with E-state index in [9.17, 15) is 14.3 Å². The first-order chi connectivity index (χ1) is 18.7. The third kappa shape index (κ3) is 6.80. The van der Waals surface area contributed by atoms with Gasteiger partial charge in [-0.2, -0.15) is 5.10 Å². The van der Waals surface area contributed by atoms with Gasteiger partial charge in [0.1, 0.15) is 28.4 Å². The lowest BCUT2D eigenvalue weighted by Crippen LogP contribution is -2.33. The zero-order chi connectivity index (χ0) is 29.2. The number of carbonyl (C=O) groups is 1. The number of amides is 1. The fraction of sp³-hybridized carbons (Fsp3) is 0.433. The zero-order valence-electron chi connectivity index (χ0n) is 24.2. The third-order valence-corrected chi connectivity index (χ3v) is 6.53. The SMILES string of the molecule is Cc1c(CCOc2cc(F)ccc2-c2ccc3ncc(CCNC(=O)OC(C)(C)C)n3c2)c(C(C)(C)O)nn1C. The lowest BCUT2D eigenvalue weighted by Gasteiger charge is -2.19. The molecule has 0 saturated heterocycles. The van der Waals surface area contributed by atoms with Crippen molar-refractivity contribution in [2.24, 2.45) is 7.05 Å².